The molecule has 1 heterocycles. The summed E-state index contributed by atoms with van der Waals surface area (Å²) in [5.41, 5.74) is 1.68. The number of nitrogens with one attached hydrogen (secondary N) is 1. The Balaban J connectivity index is 1.65. The quantitative estimate of drug-likeness (QED) is 0.448. The molecule has 0 fully saturated rings. The monoisotopic (exact) mass is 493 g/mol. The lowest BCUT2D eigenvalue weighted by Crippen LogP contribution is -2.34. The van der Waals surface area contributed by atoms with Crippen molar-refractivity contribution in [3.63, 3.8) is 0 Å². The summed E-state index contributed by atoms with van der Waals surface area (Å²) in [5.74, 6) is -1.20. The van der Waals surface area contributed by atoms with Crippen LogP contribution in [0, 0.1) is 5.82 Å². The third-order valence-electron chi connectivity index (χ3n) is 4.59. The summed E-state index contributed by atoms with van der Waals surface area (Å²) in [5, 5.41) is 3.48. The molecule has 0 saturated carbocycles. The molecule has 1 N–H and O–H groups in total. The number of nitrogens with zero attached hydrogens (tertiary/aromatic N) is 2. The van der Waals surface area contributed by atoms with Crippen molar-refractivity contribution in [3.8, 4) is 0 Å². The van der Waals surface area contributed by atoms with Gasteiger partial charge in [-0.3, -0.25) is 14.6 Å². The molecule has 0 aliphatic rings. The third kappa shape index (κ3) is 6.66. The van der Waals surface area contributed by atoms with Gasteiger partial charge >= 0.3 is 0 Å². The van der Waals surface area contributed by atoms with E-state index < -0.39 is 11.7 Å². The summed E-state index contributed by atoms with van der Waals surface area (Å²) >= 11 is 18.0. The fourth-order valence-electron chi connectivity index (χ4n) is 2.99. The van der Waals surface area contributed by atoms with Crippen LogP contribution in [0.2, 0.25) is 15.1 Å². The standard InChI is InChI=1S/C23H19Cl3FN3O2/c24-19-7-4-15(11-21(19)26)13-30(14-17-3-1-2-9-28-17)22(31)8-10-29-23(32)18-6-5-16(27)12-20(18)25/h1-7,9,11-12H,8,10,13-14H2,(H,29,32). The lowest BCUT2D eigenvalue weighted by molar-refractivity contribution is -0.132. The topological polar surface area (TPSA) is 62.3 Å². The first kappa shape index (κ1) is 24.0. The molecule has 0 radical (unpaired) electrons. The van der Waals surface area contributed by atoms with Crippen molar-refractivity contribution in [2.24, 2.45) is 0 Å². The Morgan fingerprint density at radius 1 is 0.938 bits per heavy atom. The molecule has 166 valence electrons. The molecule has 0 bridgehead atoms. The summed E-state index contributed by atoms with van der Waals surface area (Å²) in [6.45, 7) is 0.674. The largest absolute Gasteiger partial charge is 0.351 e. The molecule has 0 saturated heterocycles. The van der Waals surface area contributed by atoms with Crippen molar-refractivity contribution in [1.29, 1.82) is 0 Å². The van der Waals surface area contributed by atoms with Crippen molar-refractivity contribution >= 4 is 46.6 Å². The van der Waals surface area contributed by atoms with Crippen LogP contribution < -0.4 is 5.32 Å². The lowest BCUT2D eigenvalue weighted by atomic mass is 10.2. The van der Waals surface area contributed by atoms with E-state index in [1.54, 1.807) is 35.4 Å². The second-order valence-corrected chi connectivity index (χ2v) is 8.17. The zero-order valence-corrected chi connectivity index (χ0v) is 19.1. The highest BCUT2D eigenvalue weighted by Crippen LogP contribution is 2.24. The summed E-state index contributed by atoms with van der Waals surface area (Å²) < 4.78 is 13.2. The predicted molar refractivity (Wildman–Crippen MR) is 123 cm³/mol. The van der Waals surface area contributed by atoms with E-state index >= 15 is 0 Å². The Kier molecular flexibility index (Phi) is 8.45. The number of rotatable bonds is 8. The van der Waals surface area contributed by atoms with Crippen molar-refractivity contribution in [2.45, 2.75) is 19.5 Å². The second kappa shape index (κ2) is 11.3. The second-order valence-electron chi connectivity index (χ2n) is 6.95. The maximum Gasteiger partial charge on any atom is 0.252 e. The van der Waals surface area contributed by atoms with Crippen LogP contribution in [0.15, 0.2) is 60.8 Å². The van der Waals surface area contributed by atoms with E-state index in [4.69, 9.17) is 34.8 Å². The van der Waals surface area contributed by atoms with Crippen LogP contribution in [0.3, 0.4) is 0 Å². The summed E-state index contributed by atoms with van der Waals surface area (Å²) in [7, 11) is 0. The highest BCUT2D eigenvalue weighted by atomic mass is 35.5. The minimum atomic E-state index is -0.533. The van der Waals surface area contributed by atoms with Gasteiger partial charge in [0.15, 0.2) is 0 Å². The van der Waals surface area contributed by atoms with Crippen LogP contribution in [0.5, 0.6) is 0 Å². The van der Waals surface area contributed by atoms with Crippen LogP contribution in [-0.4, -0.2) is 28.2 Å². The van der Waals surface area contributed by atoms with Crippen molar-refractivity contribution in [2.75, 3.05) is 6.54 Å². The summed E-state index contributed by atoms with van der Waals surface area (Å²) in [6.07, 6.45) is 1.71. The number of amides is 2. The number of hydrogen-bond donors (Lipinski definition) is 1. The van der Waals surface area contributed by atoms with Gasteiger partial charge < -0.3 is 10.2 Å². The number of aromatic nitrogens is 1. The Hall–Kier alpha value is -2.67. The van der Waals surface area contributed by atoms with Crippen LogP contribution in [-0.2, 0) is 17.9 Å². The molecule has 0 aliphatic carbocycles. The normalized spacial score (nSPS) is 10.6. The zero-order valence-electron chi connectivity index (χ0n) is 16.8. The molecule has 2 amide bonds. The van der Waals surface area contributed by atoms with Gasteiger partial charge in [-0.1, -0.05) is 46.9 Å². The van der Waals surface area contributed by atoms with Crippen LogP contribution in [0.1, 0.15) is 28.0 Å². The van der Waals surface area contributed by atoms with E-state index in [0.29, 0.717) is 16.6 Å². The number of pyridine rings is 1. The highest BCUT2D eigenvalue weighted by molar-refractivity contribution is 6.42. The average Bonchev–Trinajstić information content (AvgIpc) is 2.76. The molecule has 1 aromatic heterocycles. The predicted octanol–water partition coefficient (Wildman–Crippen LogP) is 5.53. The number of hydrogen-bond acceptors (Lipinski definition) is 3. The molecule has 2 aromatic carbocycles. The van der Waals surface area contributed by atoms with Gasteiger partial charge in [0.1, 0.15) is 5.82 Å². The van der Waals surface area contributed by atoms with Crippen molar-refractivity contribution < 1.29 is 14.0 Å². The molecule has 0 spiro atoms. The van der Waals surface area contributed by atoms with Gasteiger partial charge in [-0.25, -0.2) is 4.39 Å². The summed E-state index contributed by atoms with van der Waals surface area (Å²) in [6, 6.07) is 14.2. The van der Waals surface area contributed by atoms with Gasteiger partial charge in [-0.2, -0.15) is 0 Å². The molecular weight excluding hydrogens is 476 g/mol. The van der Waals surface area contributed by atoms with Crippen LogP contribution in [0.25, 0.3) is 0 Å². The van der Waals surface area contributed by atoms with Gasteiger partial charge in [-0.15, -0.1) is 0 Å². The highest BCUT2D eigenvalue weighted by Gasteiger charge is 2.17. The smallest absolute Gasteiger partial charge is 0.252 e. The van der Waals surface area contributed by atoms with E-state index in [-0.39, 0.29) is 36.0 Å². The van der Waals surface area contributed by atoms with Gasteiger partial charge in [0.25, 0.3) is 5.91 Å². The molecule has 5 nitrogen and oxygen atoms in total. The molecule has 9 heteroatoms. The van der Waals surface area contributed by atoms with Crippen LogP contribution >= 0.6 is 34.8 Å². The first-order valence-corrected chi connectivity index (χ1v) is 10.8. The number of carbonyl (C=O) groups is 2. The van der Waals surface area contributed by atoms with Gasteiger partial charge in [-0.05, 0) is 48.0 Å². The lowest BCUT2D eigenvalue weighted by Gasteiger charge is -2.23. The number of carbonyl (C=O) groups excluding carboxylic acids is 2. The zero-order chi connectivity index (χ0) is 23.1. The van der Waals surface area contributed by atoms with E-state index in [1.165, 1.54) is 6.07 Å². The fraction of sp³-hybridized carbons (Fsp3) is 0.174. The molecule has 0 unspecified atom stereocenters. The van der Waals surface area contributed by atoms with E-state index in [9.17, 15) is 14.0 Å². The Bertz CT molecular complexity index is 1110. The first-order chi connectivity index (χ1) is 15.3. The van der Waals surface area contributed by atoms with Gasteiger partial charge in [0, 0.05) is 25.7 Å². The van der Waals surface area contributed by atoms with E-state index in [1.807, 2.05) is 12.1 Å². The first-order valence-electron chi connectivity index (χ1n) is 9.68. The maximum absolute atomic E-state index is 13.2. The molecule has 3 rings (SSSR count). The fourth-order valence-corrected chi connectivity index (χ4v) is 3.56. The number of benzene rings is 2. The van der Waals surface area contributed by atoms with E-state index in [2.05, 4.69) is 10.3 Å². The molecule has 0 atom stereocenters. The minimum Gasteiger partial charge on any atom is -0.351 e. The average molecular weight is 495 g/mol. The third-order valence-corrected chi connectivity index (χ3v) is 5.64. The maximum atomic E-state index is 13.2. The van der Waals surface area contributed by atoms with Crippen LogP contribution in [0.4, 0.5) is 4.39 Å². The van der Waals surface area contributed by atoms with E-state index in [0.717, 1.165) is 23.4 Å². The molecule has 0 aliphatic heterocycles. The van der Waals surface area contributed by atoms with Gasteiger partial charge in [0.2, 0.25) is 5.91 Å². The Morgan fingerprint density at radius 3 is 2.44 bits per heavy atom. The van der Waals surface area contributed by atoms with Crippen molar-refractivity contribution in [3.05, 3.63) is 98.5 Å². The minimum absolute atomic E-state index is 0.00484. The SMILES string of the molecule is O=C(NCCC(=O)N(Cc1ccc(Cl)c(Cl)c1)Cc1ccccn1)c1ccc(F)cc1Cl. The van der Waals surface area contributed by atoms with Crippen molar-refractivity contribution in [1.82, 2.24) is 15.2 Å². The molecule has 3 aromatic rings. The summed E-state index contributed by atoms with van der Waals surface area (Å²) in [4.78, 5) is 31.2. The number of halogens is 4. The Morgan fingerprint density at radius 2 is 1.75 bits per heavy atom. The Labute approximate surface area is 200 Å². The molecular formula is C23H19Cl3FN3O2. The molecule has 32 heavy (non-hydrogen) atoms. The van der Waals surface area contributed by atoms with Gasteiger partial charge in [0.05, 0.1) is 32.9 Å².